The number of carbonyl (C=O) groups is 1. The average molecular weight is 568 g/mol. The van der Waals surface area contributed by atoms with Gasteiger partial charge < -0.3 is 14.4 Å². The van der Waals surface area contributed by atoms with Gasteiger partial charge in [0.05, 0.1) is 22.3 Å². The zero-order chi connectivity index (χ0) is 27.0. The molecule has 3 aromatic rings. The van der Waals surface area contributed by atoms with Crippen LogP contribution in [0, 0.1) is 5.41 Å². The van der Waals surface area contributed by atoms with E-state index in [1.54, 1.807) is 12.4 Å². The van der Waals surface area contributed by atoms with Gasteiger partial charge in [0.15, 0.2) is 0 Å². The summed E-state index contributed by atoms with van der Waals surface area (Å²) in [5.41, 5.74) is 4.60. The van der Waals surface area contributed by atoms with Gasteiger partial charge in [-0.15, -0.1) is 0 Å². The number of rotatable bonds is 10. The molecule has 204 valence electrons. The van der Waals surface area contributed by atoms with Crippen LogP contribution in [-0.4, -0.2) is 26.8 Å². The molecule has 4 saturated carbocycles. The lowest BCUT2D eigenvalue weighted by Gasteiger charge is -2.52. The fourth-order valence-corrected chi connectivity index (χ4v) is 6.70. The molecule has 4 fully saturated rings. The Hall–Kier alpha value is -2.67. The van der Waals surface area contributed by atoms with Crippen molar-refractivity contribution in [3.8, 4) is 11.3 Å². The summed E-state index contributed by atoms with van der Waals surface area (Å²) in [4.78, 5) is 14.9. The molecule has 2 heterocycles. The first-order valence-corrected chi connectivity index (χ1v) is 14.5. The molecule has 0 unspecified atom stereocenters. The summed E-state index contributed by atoms with van der Waals surface area (Å²) in [6, 6.07) is 8.22. The standard InChI is InChI=1S/C31H32Cl2N2O4/c32-24-17-34-18-25(33)27(24)28-23(29(39-35-28)22-6-7-22)19-38-31-14-11-30(12-15-31,13-16-31)10-9-21-3-1-20(2-4-21)5-8-26(36)37/h1-4,9-10,17-18,22H,5-8,11-16,19H2,(H,36,37)/b10-9+. The average Bonchev–Trinajstić information content (AvgIpc) is 3.71. The number of ether oxygens (including phenoxy) is 1. The lowest BCUT2D eigenvalue weighted by molar-refractivity contribution is -0.137. The van der Waals surface area contributed by atoms with Gasteiger partial charge in [-0.3, -0.25) is 9.78 Å². The topological polar surface area (TPSA) is 85.5 Å². The molecule has 0 aliphatic heterocycles. The highest BCUT2D eigenvalue weighted by Gasteiger charge is 2.48. The van der Waals surface area contributed by atoms with Crippen LogP contribution in [0.15, 0.2) is 47.3 Å². The second-order valence-electron chi connectivity index (χ2n) is 11.4. The zero-order valence-corrected chi connectivity index (χ0v) is 23.3. The van der Waals surface area contributed by atoms with E-state index in [0.29, 0.717) is 40.2 Å². The number of aliphatic carboxylic acids is 1. The maximum atomic E-state index is 10.8. The molecule has 1 aromatic carbocycles. The van der Waals surface area contributed by atoms with Crippen LogP contribution in [0.25, 0.3) is 17.3 Å². The largest absolute Gasteiger partial charge is 0.481 e. The van der Waals surface area contributed by atoms with Gasteiger partial charge in [-0.1, -0.05) is 64.8 Å². The third kappa shape index (κ3) is 5.65. The van der Waals surface area contributed by atoms with E-state index in [9.17, 15) is 4.79 Å². The summed E-state index contributed by atoms with van der Waals surface area (Å²) >= 11 is 13.0. The maximum absolute atomic E-state index is 10.8. The molecule has 4 aliphatic carbocycles. The molecule has 0 amide bonds. The van der Waals surface area contributed by atoms with E-state index in [0.717, 1.165) is 73.8 Å². The summed E-state index contributed by atoms with van der Waals surface area (Å²) in [6.07, 6.45) is 17.1. The number of nitrogens with zero attached hydrogens (tertiary/aromatic N) is 2. The molecule has 2 aromatic heterocycles. The Kier molecular flexibility index (Phi) is 7.30. The molecule has 39 heavy (non-hydrogen) atoms. The zero-order valence-electron chi connectivity index (χ0n) is 21.8. The Bertz CT molecular complexity index is 1350. The first-order valence-electron chi connectivity index (χ1n) is 13.8. The Morgan fingerprint density at radius 1 is 1.05 bits per heavy atom. The summed E-state index contributed by atoms with van der Waals surface area (Å²) in [6.45, 7) is 0.441. The van der Waals surface area contributed by atoms with Crippen molar-refractivity contribution in [2.75, 3.05) is 0 Å². The van der Waals surface area contributed by atoms with Gasteiger partial charge in [0, 0.05) is 35.9 Å². The fourth-order valence-electron chi connectivity index (χ4n) is 6.15. The molecule has 1 N–H and O–H groups in total. The number of allylic oxidation sites excluding steroid dienone is 1. The van der Waals surface area contributed by atoms with Gasteiger partial charge in [0.1, 0.15) is 11.5 Å². The van der Waals surface area contributed by atoms with Crippen molar-refractivity contribution >= 4 is 35.2 Å². The lowest BCUT2D eigenvalue weighted by atomic mass is 9.58. The number of aromatic nitrogens is 2. The first-order chi connectivity index (χ1) is 18.9. The van der Waals surface area contributed by atoms with E-state index in [-0.39, 0.29) is 17.4 Å². The van der Waals surface area contributed by atoms with Crippen molar-refractivity contribution in [3.05, 3.63) is 75.2 Å². The predicted octanol–water partition coefficient (Wildman–Crippen LogP) is 8.26. The molecule has 6 nitrogen and oxygen atoms in total. The number of carboxylic acids is 1. The molecule has 0 spiro atoms. The van der Waals surface area contributed by atoms with E-state index in [1.807, 2.05) is 12.1 Å². The van der Waals surface area contributed by atoms with Crippen LogP contribution in [0.1, 0.15) is 86.2 Å². The molecule has 0 atom stereocenters. The van der Waals surface area contributed by atoms with Crippen molar-refractivity contribution in [2.45, 2.75) is 82.3 Å². The number of fused-ring (bicyclic) bond motifs is 3. The Morgan fingerprint density at radius 2 is 1.72 bits per heavy atom. The van der Waals surface area contributed by atoms with Crippen LogP contribution in [0.3, 0.4) is 0 Å². The number of benzene rings is 1. The van der Waals surface area contributed by atoms with E-state index >= 15 is 0 Å². The van der Waals surface area contributed by atoms with Gasteiger partial charge >= 0.3 is 5.97 Å². The highest BCUT2D eigenvalue weighted by molar-refractivity contribution is 6.38. The second-order valence-corrected chi connectivity index (χ2v) is 12.2. The van der Waals surface area contributed by atoms with E-state index in [4.69, 9.17) is 37.6 Å². The van der Waals surface area contributed by atoms with Crippen molar-refractivity contribution in [1.82, 2.24) is 10.1 Å². The van der Waals surface area contributed by atoms with Crippen molar-refractivity contribution in [3.63, 3.8) is 0 Å². The minimum atomic E-state index is -0.763. The monoisotopic (exact) mass is 566 g/mol. The maximum Gasteiger partial charge on any atom is 0.303 e. The van der Waals surface area contributed by atoms with Crippen LogP contribution in [0.4, 0.5) is 0 Å². The van der Waals surface area contributed by atoms with Crippen LogP contribution in [-0.2, 0) is 22.6 Å². The van der Waals surface area contributed by atoms with Gasteiger partial charge in [-0.05, 0) is 74.3 Å². The summed E-state index contributed by atoms with van der Waals surface area (Å²) in [7, 11) is 0. The molecule has 8 heteroatoms. The minimum absolute atomic E-state index is 0.122. The van der Waals surface area contributed by atoms with Gasteiger partial charge in [-0.25, -0.2) is 0 Å². The Morgan fingerprint density at radius 3 is 2.33 bits per heavy atom. The summed E-state index contributed by atoms with van der Waals surface area (Å²) < 4.78 is 12.6. The van der Waals surface area contributed by atoms with Gasteiger partial charge in [-0.2, -0.15) is 0 Å². The molecule has 4 aliphatic rings. The fraction of sp³-hybridized carbons (Fsp3) is 0.452. The highest BCUT2D eigenvalue weighted by atomic mass is 35.5. The minimum Gasteiger partial charge on any atom is -0.481 e. The number of pyridine rings is 1. The van der Waals surface area contributed by atoms with Crippen LogP contribution in [0.5, 0.6) is 0 Å². The van der Waals surface area contributed by atoms with E-state index in [2.05, 4.69) is 34.4 Å². The van der Waals surface area contributed by atoms with E-state index in [1.165, 1.54) is 0 Å². The van der Waals surface area contributed by atoms with Crippen molar-refractivity contribution in [2.24, 2.45) is 5.41 Å². The summed E-state index contributed by atoms with van der Waals surface area (Å²) in [5, 5.41) is 14.2. The van der Waals surface area contributed by atoms with Crippen molar-refractivity contribution < 1.29 is 19.2 Å². The quantitative estimate of drug-likeness (QED) is 0.266. The molecule has 7 rings (SSSR count). The summed E-state index contributed by atoms with van der Waals surface area (Å²) in [5.74, 6) is 0.534. The van der Waals surface area contributed by atoms with Crippen molar-refractivity contribution in [1.29, 1.82) is 0 Å². The number of carboxylic acid groups (broad SMARTS) is 1. The molecule has 0 radical (unpaired) electrons. The predicted molar refractivity (Wildman–Crippen MR) is 151 cm³/mol. The van der Waals surface area contributed by atoms with Crippen LogP contribution >= 0.6 is 23.2 Å². The number of aryl methyl sites for hydroxylation is 1. The second kappa shape index (κ2) is 10.7. The SMILES string of the molecule is O=C(O)CCc1ccc(/C=C/C23CCC(OCc4c(-c5c(Cl)cncc5Cl)noc4C4CC4)(CC2)CC3)cc1. The smallest absolute Gasteiger partial charge is 0.303 e. The third-order valence-electron chi connectivity index (χ3n) is 8.85. The third-order valence-corrected chi connectivity index (χ3v) is 9.42. The van der Waals surface area contributed by atoms with E-state index < -0.39 is 5.97 Å². The van der Waals surface area contributed by atoms with Crippen LogP contribution < -0.4 is 0 Å². The van der Waals surface area contributed by atoms with Gasteiger partial charge in [0.25, 0.3) is 0 Å². The number of hydrogen-bond donors (Lipinski definition) is 1. The Balaban J connectivity index is 1.12. The number of hydrogen-bond acceptors (Lipinski definition) is 5. The number of halogens is 2. The lowest BCUT2D eigenvalue weighted by Crippen LogP contribution is -2.46. The molecular formula is C31H32Cl2N2O4. The molecular weight excluding hydrogens is 535 g/mol. The first kappa shape index (κ1) is 26.5. The highest BCUT2D eigenvalue weighted by Crippen LogP contribution is 2.55. The van der Waals surface area contributed by atoms with Crippen LogP contribution in [0.2, 0.25) is 10.0 Å². The normalized spacial score (nSPS) is 24.5. The molecule has 0 saturated heterocycles. The van der Waals surface area contributed by atoms with Gasteiger partial charge in [0.2, 0.25) is 0 Å². The molecule has 2 bridgehead atoms. The Labute approximate surface area is 238 Å².